The number of primary amides is 1. The van der Waals surface area contributed by atoms with E-state index < -0.39 is 0 Å². The van der Waals surface area contributed by atoms with Crippen LogP contribution in [0.5, 0.6) is 0 Å². The van der Waals surface area contributed by atoms with Gasteiger partial charge in [-0.15, -0.1) is 0 Å². The van der Waals surface area contributed by atoms with Crippen molar-refractivity contribution >= 4 is 17.4 Å². The molecule has 0 radical (unpaired) electrons. The summed E-state index contributed by atoms with van der Waals surface area (Å²) in [5.74, 6) is -0.126. The average molecular weight is 328 g/mol. The highest BCUT2D eigenvalue weighted by molar-refractivity contribution is 5.79. The van der Waals surface area contributed by atoms with E-state index in [1.54, 1.807) is 0 Å². The second-order valence-electron chi connectivity index (χ2n) is 6.81. The Kier molecular flexibility index (Phi) is 5.30. The average Bonchev–Trinajstić information content (AvgIpc) is 2.63. The Bertz CT molecular complexity index is 627. The molecule has 1 saturated heterocycles. The molecular weight excluding hydrogens is 302 g/mol. The fourth-order valence-electron chi connectivity index (χ4n) is 3.69. The molecule has 128 valence electrons. The summed E-state index contributed by atoms with van der Waals surface area (Å²) >= 11 is 0. The van der Waals surface area contributed by atoms with Crippen LogP contribution in [-0.4, -0.2) is 49.4 Å². The molecule has 1 aromatic carbocycles. The van der Waals surface area contributed by atoms with E-state index in [2.05, 4.69) is 18.2 Å². The first kappa shape index (κ1) is 16.7. The number of benzene rings is 1. The zero-order chi connectivity index (χ0) is 16.9. The highest BCUT2D eigenvalue weighted by atomic mass is 16.2. The largest absolute Gasteiger partial charge is 0.369 e. The van der Waals surface area contributed by atoms with Gasteiger partial charge < -0.3 is 15.5 Å². The summed E-state index contributed by atoms with van der Waals surface area (Å²) < 4.78 is 0. The number of hydrogen-bond donors (Lipinski definition) is 2. The molecule has 0 spiro atoms. The van der Waals surface area contributed by atoms with E-state index in [9.17, 15) is 9.59 Å². The predicted octanol–water partition coefficient (Wildman–Crippen LogP) is 0.0825. The molecule has 2 aliphatic heterocycles. The minimum atomic E-state index is -0.229. The van der Waals surface area contributed by atoms with Gasteiger partial charge in [0.25, 0.3) is 5.91 Å². The number of rotatable bonds is 4. The highest BCUT2D eigenvalue weighted by Gasteiger charge is 2.30. The van der Waals surface area contributed by atoms with Crippen LogP contribution in [-0.2, 0) is 9.59 Å². The highest BCUT2D eigenvalue weighted by Crippen LogP contribution is 2.21. The van der Waals surface area contributed by atoms with Crippen molar-refractivity contribution in [2.24, 2.45) is 11.7 Å². The van der Waals surface area contributed by atoms with Crippen LogP contribution < -0.4 is 10.6 Å². The summed E-state index contributed by atoms with van der Waals surface area (Å²) in [6.45, 7) is 3.56. The summed E-state index contributed by atoms with van der Waals surface area (Å²) in [6.07, 6.45) is 4.89. The van der Waals surface area contributed by atoms with Crippen LogP contribution in [0.25, 0.3) is 5.57 Å². The Hall–Kier alpha value is -2.14. The Morgan fingerprint density at radius 1 is 1.25 bits per heavy atom. The molecule has 24 heavy (non-hydrogen) atoms. The van der Waals surface area contributed by atoms with Gasteiger partial charge in [0, 0.05) is 13.1 Å². The molecule has 2 atom stereocenters. The van der Waals surface area contributed by atoms with Gasteiger partial charge in [0.1, 0.15) is 0 Å². The van der Waals surface area contributed by atoms with Gasteiger partial charge in [-0.1, -0.05) is 36.4 Å². The Labute approximate surface area is 143 Å². The quantitative estimate of drug-likeness (QED) is 0.822. The molecule has 1 aromatic rings. The van der Waals surface area contributed by atoms with Crippen molar-refractivity contribution in [1.82, 2.24) is 4.90 Å². The summed E-state index contributed by atoms with van der Waals surface area (Å²) in [4.78, 5) is 27.0. The van der Waals surface area contributed by atoms with Gasteiger partial charge in [0.15, 0.2) is 6.54 Å². The second kappa shape index (κ2) is 7.62. The Balaban J connectivity index is 1.54. The van der Waals surface area contributed by atoms with E-state index in [1.807, 2.05) is 23.1 Å². The van der Waals surface area contributed by atoms with Crippen molar-refractivity contribution in [3.63, 3.8) is 0 Å². The van der Waals surface area contributed by atoms with Crippen molar-refractivity contribution < 1.29 is 14.5 Å². The van der Waals surface area contributed by atoms with Crippen LogP contribution >= 0.6 is 0 Å². The number of piperidine rings is 1. The van der Waals surface area contributed by atoms with Gasteiger partial charge in [-0.25, -0.2) is 0 Å². The van der Waals surface area contributed by atoms with Crippen LogP contribution in [0.3, 0.4) is 0 Å². The normalized spacial score (nSPS) is 24.3. The lowest BCUT2D eigenvalue weighted by Crippen LogP contribution is -3.15. The third-order valence-corrected chi connectivity index (χ3v) is 5.13. The molecule has 1 unspecified atom stereocenters. The van der Waals surface area contributed by atoms with E-state index in [1.165, 1.54) is 16.0 Å². The SMILES string of the molecule is NC(=O)[C@H]1CCC[NH+](CC(=O)N2CC=C(c3ccccc3)CC2)C1. The van der Waals surface area contributed by atoms with Crippen molar-refractivity contribution in [3.05, 3.63) is 42.0 Å². The molecular formula is C19H26N3O2+. The predicted molar refractivity (Wildman–Crippen MR) is 93.1 cm³/mol. The lowest BCUT2D eigenvalue weighted by atomic mass is 9.97. The van der Waals surface area contributed by atoms with E-state index >= 15 is 0 Å². The molecule has 0 saturated carbocycles. The number of hydrogen-bond acceptors (Lipinski definition) is 2. The molecule has 0 bridgehead atoms. The van der Waals surface area contributed by atoms with Gasteiger partial charge >= 0.3 is 0 Å². The molecule has 5 heteroatoms. The molecule has 2 amide bonds. The first-order valence-electron chi connectivity index (χ1n) is 8.78. The minimum absolute atomic E-state index is 0.0764. The summed E-state index contributed by atoms with van der Waals surface area (Å²) in [6, 6.07) is 10.3. The molecule has 0 aromatic heterocycles. The lowest BCUT2D eigenvalue weighted by Gasteiger charge is -2.31. The number of carbonyl (C=O) groups excluding carboxylic acids is 2. The lowest BCUT2D eigenvalue weighted by molar-refractivity contribution is -0.899. The zero-order valence-corrected chi connectivity index (χ0v) is 14.0. The van der Waals surface area contributed by atoms with Gasteiger partial charge in [0.05, 0.1) is 19.0 Å². The van der Waals surface area contributed by atoms with Crippen LogP contribution in [0, 0.1) is 5.92 Å². The maximum absolute atomic E-state index is 12.5. The maximum Gasteiger partial charge on any atom is 0.278 e. The third kappa shape index (κ3) is 4.03. The molecule has 5 nitrogen and oxygen atoms in total. The van der Waals surface area contributed by atoms with Crippen LogP contribution in [0.4, 0.5) is 0 Å². The minimum Gasteiger partial charge on any atom is -0.369 e. The topological polar surface area (TPSA) is 67.8 Å². The number of amides is 2. The van der Waals surface area contributed by atoms with Crippen molar-refractivity contribution in [1.29, 1.82) is 0 Å². The summed E-state index contributed by atoms with van der Waals surface area (Å²) in [5.41, 5.74) is 7.98. The molecule has 2 aliphatic rings. The first-order valence-corrected chi connectivity index (χ1v) is 8.78. The fraction of sp³-hybridized carbons (Fsp3) is 0.474. The van der Waals surface area contributed by atoms with E-state index in [-0.39, 0.29) is 17.7 Å². The summed E-state index contributed by atoms with van der Waals surface area (Å²) in [7, 11) is 0. The van der Waals surface area contributed by atoms with Crippen molar-refractivity contribution in [2.45, 2.75) is 19.3 Å². The van der Waals surface area contributed by atoms with Crippen LogP contribution in [0.15, 0.2) is 36.4 Å². The van der Waals surface area contributed by atoms with Gasteiger partial charge in [-0.3, -0.25) is 9.59 Å². The first-order chi connectivity index (χ1) is 11.6. The van der Waals surface area contributed by atoms with Crippen molar-refractivity contribution in [3.8, 4) is 0 Å². The number of likely N-dealkylation sites (tertiary alicyclic amines) is 1. The number of quaternary nitrogens is 1. The van der Waals surface area contributed by atoms with Gasteiger partial charge in [0.2, 0.25) is 5.91 Å². The molecule has 2 heterocycles. The second-order valence-corrected chi connectivity index (χ2v) is 6.81. The van der Waals surface area contributed by atoms with E-state index in [4.69, 9.17) is 5.73 Å². The van der Waals surface area contributed by atoms with E-state index in [0.717, 1.165) is 32.4 Å². The smallest absolute Gasteiger partial charge is 0.278 e. The van der Waals surface area contributed by atoms with Crippen LogP contribution in [0.1, 0.15) is 24.8 Å². The third-order valence-electron chi connectivity index (χ3n) is 5.13. The van der Waals surface area contributed by atoms with Gasteiger partial charge in [-0.05, 0) is 30.4 Å². The maximum atomic E-state index is 12.5. The van der Waals surface area contributed by atoms with Crippen LogP contribution in [0.2, 0.25) is 0 Å². The molecule has 1 fully saturated rings. The zero-order valence-electron chi connectivity index (χ0n) is 14.0. The van der Waals surface area contributed by atoms with Crippen molar-refractivity contribution in [2.75, 3.05) is 32.7 Å². The molecule has 3 rings (SSSR count). The molecule has 3 N–H and O–H groups in total. The number of nitrogens with zero attached hydrogens (tertiary/aromatic N) is 1. The number of nitrogens with two attached hydrogens (primary N) is 1. The number of nitrogens with one attached hydrogen (secondary N) is 1. The molecule has 0 aliphatic carbocycles. The standard InChI is InChI=1S/C19H25N3O2/c20-19(24)17-7-4-10-21(13-17)14-18(23)22-11-8-16(9-12-22)15-5-2-1-3-6-15/h1-3,5-6,8,17H,4,7,9-14H2,(H2,20,24)/p+1/t17-/m0/s1. The van der Waals surface area contributed by atoms with Gasteiger partial charge in [-0.2, -0.15) is 0 Å². The number of carbonyl (C=O) groups is 2. The Morgan fingerprint density at radius 2 is 2.04 bits per heavy atom. The fourth-order valence-corrected chi connectivity index (χ4v) is 3.69. The monoisotopic (exact) mass is 328 g/mol. The summed E-state index contributed by atoms with van der Waals surface area (Å²) in [5, 5.41) is 0. The Morgan fingerprint density at radius 3 is 2.71 bits per heavy atom. The van der Waals surface area contributed by atoms with E-state index in [0.29, 0.717) is 19.6 Å².